The van der Waals surface area contributed by atoms with Gasteiger partial charge in [0.15, 0.2) is 0 Å². The highest BCUT2D eigenvalue weighted by Crippen LogP contribution is 2.20. The monoisotopic (exact) mass is 284 g/mol. The molecule has 1 aromatic carbocycles. The molecule has 0 spiro atoms. The molecular weight excluding hydrogens is 268 g/mol. The third-order valence-corrected chi connectivity index (χ3v) is 3.08. The molecule has 1 atom stereocenters. The van der Waals surface area contributed by atoms with Gasteiger partial charge in [0.1, 0.15) is 6.04 Å². The number of aryl methyl sites for hydroxylation is 1. The van der Waals surface area contributed by atoms with E-state index >= 15 is 0 Å². The summed E-state index contributed by atoms with van der Waals surface area (Å²) in [7, 11) is 3.33. The van der Waals surface area contributed by atoms with Crippen molar-refractivity contribution in [3.63, 3.8) is 0 Å². The van der Waals surface area contributed by atoms with Gasteiger partial charge >= 0.3 is 0 Å². The van der Waals surface area contributed by atoms with E-state index in [9.17, 15) is 14.7 Å². The Hall–Kier alpha value is -1.59. The molecule has 0 unspecified atom stereocenters. The van der Waals surface area contributed by atoms with Gasteiger partial charge in [0.05, 0.1) is 26.5 Å². The summed E-state index contributed by atoms with van der Waals surface area (Å²) in [5, 5.41) is 14.1. The van der Waals surface area contributed by atoms with E-state index in [1.165, 1.54) is 0 Å². The number of rotatable bonds is 5. The molecule has 0 heterocycles. The van der Waals surface area contributed by atoms with Crippen LogP contribution in [0.4, 0.5) is 5.69 Å². The highest BCUT2D eigenvalue weighted by Gasteiger charge is 2.21. The highest BCUT2D eigenvalue weighted by atomic mass is 35.5. The van der Waals surface area contributed by atoms with Crippen LogP contribution in [0.15, 0.2) is 18.2 Å². The van der Waals surface area contributed by atoms with E-state index in [-0.39, 0.29) is 12.3 Å². The first-order chi connectivity index (χ1) is 8.81. The van der Waals surface area contributed by atoms with Crippen LogP contribution in [-0.2, 0) is 9.59 Å². The normalized spacial score (nSPS) is 12.3. The third kappa shape index (κ3) is 4.54. The van der Waals surface area contributed by atoms with Crippen molar-refractivity contribution >= 4 is 29.2 Å². The number of aliphatic carboxylic acids is 1. The van der Waals surface area contributed by atoms with Gasteiger partial charge in [-0.25, -0.2) is 0 Å². The molecule has 1 aromatic rings. The van der Waals surface area contributed by atoms with Gasteiger partial charge in [-0.2, -0.15) is 0 Å². The van der Waals surface area contributed by atoms with Crippen LogP contribution in [0.3, 0.4) is 0 Å². The van der Waals surface area contributed by atoms with Gasteiger partial charge in [-0.1, -0.05) is 17.7 Å². The number of hydrogen-bond acceptors (Lipinski definition) is 3. The maximum atomic E-state index is 11.8. The minimum atomic E-state index is -1.24. The minimum absolute atomic E-state index is 0.142. The highest BCUT2D eigenvalue weighted by molar-refractivity contribution is 6.31. The number of amides is 1. The van der Waals surface area contributed by atoms with Crippen molar-refractivity contribution < 1.29 is 19.6 Å². The van der Waals surface area contributed by atoms with E-state index in [1.54, 1.807) is 32.3 Å². The SMILES string of the molecule is Cc1ccc(Cl)cc1NC(=O)C[C@@H](C(=O)[O-])[NH+](C)C. The molecule has 0 saturated heterocycles. The predicted octanol–water partition coefficient (Wildman–Crippen LogP) is -0.760. The van der Waals surface area contributed by atoms with E-state index < -0.39 is 12.0 Å². The van der Waals surface area contributed by atoms with E-state index in [0.29, 0.717) is 15.6 Å². The summed E-state index contributed by atoms with van der Waals surface area (Å²) in [5.41, 5.74) is 1.45. The average molecular weight is 285 g/mol. The van der Waals surface area contributed by atoms with Crippen molar-refractivity contribution in [3.05, 3.63) is 28.8 Å². The Balaban J connectivity index is 2.74. The van der Waals surface area contributed by atoms with Crippen LogP contribution in [-0.4, -0.2) is 32.0 Å². The number of benzene rings is 1. The van der Waals surface area contributed by atoms with Crippen LogP contribution < -0.4 is 15.3 Å². The molecular formula is C13H17ClN2O3. The second-order valence-corrected chi connectivity index (χ2v) is 5.10. The molecule has 0 saturated carbocycles. The molecule has 104 valence electrons. The van der Waals surface area contributed by atoms with Crippen molar-refractivity contribution in [2.45, 2.75) is 19.4 Å². The zero-order chi connectivity index (χ0) is 14.6. The Kier molecular flexibility index (Phi) is 5.32. The number of carboxylic acids is 1. The Morgan fingerprint density at radius 3 is 2.58 bits per heavy atom. The third-order valence-electron chi connectivity index (χ3n) is 2.84. The van der Waals surface area contributed by atoms with Gasteiger partial charge < -0.3 is 20.1 Å². The number of carbonyl (C=O) groups is 2. The molecule has 0 aromatic heterocycles. The predicted molar refractivity (Wildman–Crippen MR) is 71.0 cm³/mol. The van der Waals surface area contributed by atoms with E-state index in [2.05, 4.69) is 5.32 Å². The fourth-order valence-electron chi connectivity index (χ4n) is 1.64. The smallest absolute Gasteiger partial charge is 0.230 e. The lowest BCUT2D eigenvalue weighted by atomic mass is 10.1. The number of nitrogens with one attached hydrogen (secondary N) is 2. The molecule has 1 rings (SSSR count). The second kappa shape index (κ2) is 6.54. The van der Waals surface area contributed by atoms with Crippen molar-refractivity contribution in [1.29, 1.82) is 0 Å². The molecule has 0 fully saturated rings. The molecule has 2 N–H and O–H groups in total. The number of anilines is 1. The van der Waals surface area contributed by atoms with Gasteiger partial charge in [-0.05, 0) is 24.6 Å². The molecule has 0 aliphatic carbocycles. The van der Waals surface area contributed by atoms with Crippen LogP contribution in [0.25, 0.3) is 0 Å². The number of quaternary nitrogens is 1. The zero-order valence-electron chi connectivity index (χ0n) is 11.1. The van der Waals surface area contributed by atoms with Crippen molar-refractivity contribution in [1.82, 2.24) is 0 Å². The first kappa shape index (κ1) is 15.5. The number of hydrogen-bond donors (Lipinski definition) is 2. The number of likely N-dealkylation sites (N-methyl/N-ethyl adjacent to an activating group) is 1. The lowest BCUT2D eigenvalue weighted by Crippen LogP contribution is -3.12. The van der Waals surface area contributed by atoms with Crippen LogP contribution in [0, 0.1) is 6.92 Å². The first-order valence-corrected chi connectivity index (χ1v) is 6.26. The second-order valence-electron chi connectivity index (χ2n) is 4.66. The molecule has 0 aliphatic heterocycles. The molecule has 1 amide bonds. The fourth-order valence-corrected chi connectivity index (χ4v) is 1.81. The molecule has 0 radical (unpaired) electrons. The quantitative estimate of drug-likeness (QED) is 0.746. The fraction of sp³-hybridized carbons (Fsp3) is 0.385. The Morgan fingerprint density at radius 1 is 1.42 bits per heavy atom. The van der Waals surface area contributed by atoms with Gasteiger partial charge in [0, 0.05) is 10.7 Å². The maximum Gasteiger partial charge on any atom is 0.230 e. The van der Waals surface area contributed by atoms with Crippen LogP contribution in [0.2, 0.25) is 5.02 Å². The molecule has 0 bridgehead atoms. The Morgan fingerprint density at radius 2 is 2.05 bits per heavy atom. The van der Waals surface area contributed by atoms with E-state index in [0.717, 1.165) is 5.56 Å². The molecule has 5 nitrogen and oxygen atoms in total. The van der Waals surface area contributed by atoms with E-state index in [1.807, 2.05) is 6.92 Å². The van der Waals surface area contributed by atoms with Crippen molar-refractivity contribution in [2.75, 3.05) is 19.4 Å². The lowest BCUT2D eigenvalue weighted by Gasteiger charge is -2.21. The van der Waals surface area contributed by atoms with E-state index in [4.69, 9.17) is 11.6 Å². The first-order valence-electron chi connectivity index (χ1n) is 5.88. The topological polar surface area (TPSA) is 73.7 Å². The van der Waals surface area contributed by atoms with Crippen molar-refractivity contribution in [2.24, 2.45) is 0 Å². The molecule has 6 heteroatoms. The van der Waals surface area contributed by atoms with Gasteiger partial charge in [0.2, 0.25) is 5.91 Å². The lowest BCUT2D eigenvalue weighted by molar-refractivity contribution is -0.878. The summed E-state index contributed by atoms with van der Waals surface area (Å²) in [6.07, 6.45) is -0.142. The van der Waals surface area contributed by atoms with Crippen LogP contribution in [0.5, 0.6) is 0 Å². The van der Waals surface area contributed by atoms with Gasteiger partial charge in [-0.3, -0.25) is 4.79 Å². The number of halogens is 1. The summed E-state index contributed by atoms with van der Waals surface area (Å²) in [6, 6.07) is 4.26. The minimum Gasteiger partial charge on any atom is -0.544 e. The van der Waals surface area contributed by atoms with Gasteiger partial charge in [-0.15, -0.1) is 0 Å². The number of carbonyl (C=O) groups excluding carboxylic acids is 2. The summed E-state index contributed by atoms with van der Waals surface area (Å²) in [5.74, 6) is -1.61. The Labute approximate surface area is 117 Å². The molecule has 19 heavy (non-hydrogen) atoms. The summed E-state index contributed by atoms with van der Waals surface area (Å²) < 4.78 is 0. The Bertz CT molecular complexity index is 489. The largest absolute Gasteiger partial charge is 0.544 e. The van der Waals surface area contributed by atoms with Gasteiger partial charge in [0.25, 0.3) is 0 Å². The van der Waals surface area contributed by atoms with Crippen LogP contribution in [0.1, 0.15) is 12.0 Å². The number of carboxylic acid groups (broad SMARTS) is 1. The molecule has 0 aliphatic rings. The summed E-state index contributed by atoms with van der Waals surface area (Å²) in [4.78, 5) is 23.4. The van der Waals surface area contributed by atoms with Crippen LogP contribution >= 0.6 is 11.6 Å². The standard InChI is InChI=1S/C13H17ClN2O3/c1-8-4-5-9(14)6-10(8)15-12(17)7-11(13(18)19)16(2)3/h4-6,11H,7H2,1-3H3,(H,15,17)(H,18,19)/t11-/m0/s1. The maximum absolute atomic E-state index is 11.8. The average Bonchev–Trinajstić information content (AvgIpc) is 2.30. The van der Waals surface area contributed by atoms with Crippen molar-refractivity contribution in [3.8, 4) is 0 Å². The summed E-state index contributed by atoms with van der Waals surface area (Å²) in [6.45, 7) is 1.83. The zero-order valence-corrected chi connectivity index (χ0v) is 11.9. The summed E-state index contributed by atoms with van der Waals surface area (Å²) >= 11 is 5.85.